The van der Waals surface area contributed by atoms with Crippen molar-refractivity contribution in [2.45, 2.75) is 12.8 Å². The van der Waals surface area contributed by atoms with Gasteiger partial charge in [-0.15, -0.1) is 6.58 Å². The first-order chi connectivity index (χ1) is 8.56. The van der Waals surface area contributed by atoms with Gasteiger partial charge in [-0.05, 0) is 25.0 Å². The number of hydrogen-bond donors (Lipinski definition) is 1. The van der Waals surface area contributed by atoms with Crippen LogP contribution in [0.4, 0.5) is 10.1 Å². The molecular weight excluding hydrogens is 239 g/mol. The average molecular weight is 252 g/mol. The first kappa shape index (κ1) is 13.8. The van der Waals surface area contributed by atoms with E-state index in [0.717, 1.165) is 25.0 Å². The molecule has 18 heavy (non-hydrogen) atoms. The summed E-state index contributed by atoms with van der Waals surface area (Å²) >= 11 is 0. The van der Waals surface area contributed by atoms with Gasteiger partial charge in [0.25, 0.3) is 5.91 Å². The molecule has 0 aliphatic rings. The molecule has 0 unspecified atom stereocenters. The molecule has 1 aromatic carbocycles. The number of hydrogen-bond acceptors (Lipinski definition) is 3. The predicted octanol–water partition coefficient (Wildman–Crippen LogP) is 2.43. The highest BCUT2D eigenvalue weighted by molar-refractivity contribution is 5.94. The van der Waals surface area contributed by atoms with Crippen molar-refractivity contribution in [1.82, 2.24) is 5.32 Å². The molecule has 0 atom stereocenters. The lowest BCUT2D eigenvalue weighted by Gasteiger charge is -2.04. The number of benzene rings is 1. The Morgan fingerprint density at radius 2 is 2.28 bits per heavy atom. The lowest BCUT2D eigenvalue weighted by atomic mass is 10.2. The first-order valence-corrected chi connectivity index (χ1v) is 5.39. The van der Waals surface area contributed by atoms with Crippen molar-refractivity contribution in [1.29, 1.82) is 0 Å². The molecule has 0 aliphatic carbocycles. The molecule has 0 fully saturated rings. The molecule has 1 amide bonds. The minimum Gasteiger partial charge on any atom is -0.352 e. The highest BCUT2D eigenvalue weighted by atomic mass is 19.1. The molecule has 0 spiro atoms. The Balaban J connectivity index is 2.66. The van der Waals surface area contributed by atoms with E-state index in [4.69, 9.17) is 0 Å². The maximum atomic E-state index is 13.3. The van der Waals surface area contributed by atoms with E-state index in [-0.39, 0.29) is 5.56 Å². The smallest absolute Gasteiger partial charge is 0.304 e. The summed E-state index contributed by atoms with van der Waals surface area (Å²) in [5.74, 6) is -1.47. The molecule has 0 heterocycles. The third-order valence-electron chi connectivity index (χ3n) is 2.28. The van der Waals surface area contributed by atoms with Gasteiger partial charge < -0.3 is 5.32 Å². The van der Waals surface area contributed by atoms with E-state index in [1.807, 2.05) is 0 Å². The highest BCUT2D eigenvalue weighted by Gasteiger charge is 2.16. The van der Waals surface area contributed by atoms with Gasteiger partial charge >= 0.3 is 5.69 Å². The van der Waals surface area contributed by atoms with Gasteiger partial charge in [0.05, 0.1) is 4.92 Å². The number of rotatable bonds is 6. The Bertz CT molecular complexity index is 474. The summed E-state index contributed by atoms with van der Waals surface area (Å²) in [5.41, 5.74) is -0.574. The zero-order valence-corrected chi connectivity index (χ0v) is 9.69. The van der Waals surface area contributed by atoms with Crippen molar-refractivity contribution in [2.24, 2.45) is 0 Å². The van der Waals surface area contributed by atoms with Gasteiger partial charge in [-0.1, -0.05) is 6.08 Å². The van der Waals surface area contributed by atoms with E-state index in [9.17, 15) is 19.3 Å². The second-order valence-electron chi connectivity index (χ2n) is 3.61. The Morgan fingerprint density at radius 1 is 1.56 bits per heavy atom. The van der Waals surface area contributed by atoms with Crippen LogP contribution < -0.4 is 5.32 Å². The first-order valence-electron chi connectivity index (χ1n) is 5.39. The van der Waals surface area contributed by atoms with Gasteiger partial charge in [-0.25, -0.2) is 0 Å². The Hall–Kier alpha value is -2.24. The van der Waals surface area contributed by atoms with Gasteiger partial charge in [0.2, 0.25) is 5.82 Å². The topological polar surface area (TPSA) is 72.2 Å². The summed E-state index contributed by atoms with van der Waals surface area (Å²) in [6.45, 7) is 4.00. The van der Waals surface area contributed by atoms with E-state index >= 15 is 0 Å². The van der Waals surface area contributed by atoms with Crippen molar-refractivity contribution in [3.63, 3.8) is 0 Å². The number of unbranched alkanes of at least 4 members (excludes halogenated alkanes) is 1. The van der Waals surface area contributed by atoms with Crippen molar-refractivity contribution < 1.29 is 14.1 Å². The molecule has 96 valence electrons. The second kappa shape index (κ2) is 6.48. The second-order valence-corrected chi connectivity index (χ2v) is 3.61. The summed E-state index contributed by atoms with van der Waals surface area (Å²) in [6, 6.07) is 3.07. The third-order valence-corrected chi connectivity index (χ3v) is 2.28. The SMILES string of the molecule is C=CCCCNC(=O)c1ccc([N+](=O)[O-])c(F)c1. The minimum absolute atomic E-state index is 0.0664. The maximum absolute atomic E-state index is 13.3. The van der Waals surface area contributed by atoms with E-state index in [0.29, 0.717) is 6.54 Å². The number of nitro groups is 1. The number of amides is 1. The molecule has 0 aliphatic heterocycles. The van der Waals surface area contributed by atoms with Crippen LogP contribution in [0.15, 0.2) is 30.9 Å². The van der Waals surface area contributed by atoms with Crippen LogP contribution in [0.5, 0.6) is 0 Å². The van der Waals surface area contributed by atoms with Crippen LogP contribution in [-0.4, -0.2) is 17.4 Å². The summed E-state index contributed by atoms with van der Waals surface area (Å²) in [6.07, 6.45) is 3.25. The molecule has 1 N–H and O–H groups in total. The van der Waals surface area contributed by atoms with Crippen LogP contribution in [0, 0.1) is 15.9 Å². The third kappa shape index (κ3) is 3.65. The number of carbonyl (C=O) groups excluding carboxylic acids is 1. The number of allylic oxidation sites excluding steroid dienone is 1. The van der Waals surface area contributed by atoms with E-state index in [1.165, 1.54) is 6.07 Å². The largest absolute Gasteiger partial charge is 0.352 e. The number of nitrogens with zero attached hydrogens (tertiary/aromatic N) is 1. The predicted molar refractivity (Wildman–Crippen MR) is 64.8 cm³/mol. The van der Waals surface area contributed by atoms with Crippen molar-refractivity contribution in [2.75, 3.05) is 6.54 Å². The quantitative estimate of drug-likeness (QED) is 0.366. The maximum Gasteiger partial charge on any atom is 0.304 e. The van der Waals surface area contributed by atoms with Gasteiger partial charge in [0.1, 0.15) is 0 Å². The van der Waals surface area contributed by atoms with Crippen molar-refractivity contribution in [3.8, 4) is 0 Å². The molecule has 0 radical (unpaired) electrons. The fourth-order valence-electron chi connectivity index (χ4n) is 1.35. The van der Waals surface area contributed by atoms with E-state index in [1.54, 1.807) is 6.08 Å². The molecule has 0 saturated heterocycles. The van der Waals surface area contributed by atoms with Crippen LogP contribution in [0.2, 0.25) is 0 Å². The standard InChI is InChI=1S/C12H13FN2O3/c1-2-3-4-7-14-12(16)9-5-6-11(15(17)18)10(13)8-9/h2,5-6,8H,1,3-4,7H2,(H,14,16). The normalized spacial score (nSPS) is 9.83. The van der Waals surface area contributed by atoms with E-state index < -0.39 is 22.3 Å². The molecule has 0 saturated carbocycles. The van der Waals surface area contributed by atoms with Crippen LogP contribution in [-0.2, 0) is 0 Å². The summed E-state index contributed by atoms with van der Waals surface area (Å²) in [5, 5.41) is 13.0. The van der Waals surface area contributed by atoms with Crippen LogP contribution in [0.1, 0.15) is 23.2 Å². The Morgan fingerprint density at radius 3 is 2.83 bits per heavy atom. The summed E-state index contributed by atoms with van der Waals surface area (Å²) in [7, 11) is 0. The Labute approximate surface area is 103 Å². The lowest BCUT2D eigenvalue weighted by molar-refractivity contribution is -0.387. The Kier molecular flexibility index (Phi) is 4.98. The van der Waals surface area contributed by atoms with Crippen LogP contribution >= 0.6 is 0 Å². The highest BCUT2D eigenvalue weighted by Crippen LogP contribution is 2.17. The molecule has 5 nitrogen and oxygen atoms in total. The van der Waals surface area contributed by atoms with Gasteiger partial charge in [-0.3, -0.25) is 14.9 Å². The zero-order chi connectivity index (χ0) is 13.5. The number of carbonyl (C=O) groups is 1. The van der Waals surface area contributed by atoms with Gasteiger partial charge in [-0.2, -0.15) is 4.39 Å². The number of halogens is 1. The average Bonchev–Trinajstić information content (AvgIpc) is 2.33. The number of nitrogens with one attached hydrogen (secondary N) is 1. The van der Waals surface area contributed by atoms with Crippen molar-refractivity contribution in [3.05, 3.63) is 52.3 Å². The van der Waals surface area contributed by atoms with Gasteiger partial charge in [0.15, 0.2) is 0 Å². The van der Waals surface area contributed by atoms with E-state index in [2.05, 4.69) is 11.9 Å². The van der Waals surface area contributed by atoms with Crippen molar-refractivity contribution >= 4 is 11.6 Å². The molecule has 0 bridgehead atoms. The lowest BCUT2D eigenvalue weighted by Crippen LogP contribution is -2.24. The van der Waals surface area contributed by atoms with Crippen LogP contribution in [0.25, 0.3) is 0 Å². The minimum atomic E-state index is -1.02. The van der Waals surface area contributed by atoms with Crippen LogP contribution in [0.3, 0.4) is 0 Å². The fourth-order valence-corrected chi connectivity index (χ4v) is 1.35. The molecule has 1 rings (SSSR count). The molecule has 0 aromatic heterocycles. The summed E-state index contributed by atoms with van der Waals surface area (Å²) < 4.78 is 13.3. The molecular formula is C12H13FN2O3. The molecule has 6 heteroatoms. The molecule has 1 aromatic rings. The summed E-state index contributed by atoms with van der Waals surface area (Å²) in [4.78, 5) is 21.1. The fraction of sp³-hybridized carbons (Fsp3) is 0.250. The zero-order valence-electron chi connectivity index (χ0n) is 9.69. The van der Waals surface area contributed by atoms with Gasteiger partial charge in [0, 0.05) is 18.2 Å². The number of nitro benzene ring substituents is 1. The monoisotopic (exact) mass is 252 g/mol.